The van der Waals surface area contributed by atoms with Crippen molar-refractivity contribution in [3.05, 3.63) is 65.2 Å². The van der Waals surface area contributed by atoms with Crippen LogP contribution in [0.3, 0.4) is 0 Å². The molecule has 25 heavy (non-hydrogen) atoms. The third kappa shape index (κ3) is 2.82. The van der Waals surface area contributed by atoms with E-state index < -0.39 is 5.82 Å². The van der Waals surface area contributed by atoms with Gasteiger partial charge in [0.15, 0.2) is 5.82 Å². The maximum atomic E-state index is 14.3. The van der Waals surface area contributed by atoms with Crippen LogP contribution in [0.4, 0.5) is 4.39 Å². The molecule has 1 amide bonds. The summed E-state index contributed by atoms with van der Waals surface area (Å²) < 4.78 is 14.3. The number of nitrogens with one attached hydrogen (secondary N) is 2. The molecule has 2 aliphatic rings. The summed E-state index contributed by atoms with van der Waals surface area (Å²) >= 11 is 0. The van der Waals surface area contributed by atoms with E-state index in [9.17, 15) is 9.18 Å². The van der Waals surface area contributed by atoms with Gasteiger partial charge >= 0.3 is 0 Å². The van der Waals surface area contributed by atoms with Gasteiger partial charge in [0.25, 0.3) is 5.91 Å². The molecule has 4 rings (SSSR count). The first-order valence-corrected chi connectivity index (χ1v) is 8.84. The van der Waals surface area contributed by atoms with E-state index in [4.69, 9.17) is 0 Å². The second-order valence-electron chi connectivity index (χ2n) is 7.15. The molecule has 2 aliphatic heterocycles. The number of carbonyl (C=O) groups is 1. The molecule has 0 aliphatic carbocycles. The Balaban J connectivity index is 1.67. The van der Waals surface area contributed by atoms with Gasteiger partial charge in [0.2, 0.25) is 0 Å². The molecule has 1 unspecified atom stereocenters. The molecule has 130 valence electrons. The van der Waals surface area contributed by atoms with Gasteiger partial charge in [-0.05, 0) is 44.2 Å². The van der Waals surface area contributed by atoms with Crippen molar-refractivity contribution < 1.29 is 9.18 Å². The lowest BCUT2D eigenvalue weighted by atomic mass is 9.78. The first-order chi connectivity index (χ1) is 12.1. The Labute approximate surface area is 146 Å². The summed E-state index contributed by atoms with van der Waals surface area (Å²) in [5, 5.41) is 6.81. The number of rotatable bonds is 4. The Morgan fingerprint density at radius 1 is 1.28 bits per heavy atom. The first-order valence-electron chi connectivity index (χ1n) is 8.84. The summed E-state index contributed by atoms with van der Waals surface area (Å²) in [5.74, 6) is -0.934. The van der Waals surface area contributed by atoms with E-state index in [-0.39, 0.29) is 28.7 Å². The molecular formula is C20H22FN3O. The minimum atomic E-state index is -0.548. The van der Waals surface area contributed by atoms with E-state index in [1.807, 2.05) is 30.3 Å². The van der Waals surface area contributed by atoms with E-state index in [1.54, 1.807) is 6.92 Å². The number of hydrogen-bond donors (Lipinski definition) is 2. The number of aryl methyl sites for hydroxylation is 1. The molecule has 1 atom stereocenters. The van der Waals surface area contributed by atoms with E-state index in [2.05, 4.69) is 15.6 Å². The second kappa shape index (κ2) is 6.23. The number of hydrogen-bond acceptors (Lipinski definition) is 3. The van der Waals surface area contributed by atoms with Gasteiger partial charge in [-0.1, -0.05) is 30.3 Å². The van der Waals surface area contributed by atoms with Crippen LogP contribution in [0.5, 0.6) is 0 Å². The summed E-state index contributed by atoms with van der Waals surface area (Å²) in [6.07, 6.45) is 5.77. The molecule has 2 bridgehead atoms. The van der Waals surface area contributed by atoms with Gasteiger partial charge in [-0.3, -0.25) is 9.78 Å². The fourth-order valence-electron chi connectivity index (χ4n) is 4.32. The number of carbonyl (C=O) groups excluding carboxylic acids is 1. The molecule has 0 radical (unpaired) electrons. The van der Waals surface area contributed by atoms with Crippen LogP contribution in [0, 0.1) is 12.7 Å². The molecule has 3 heterocycles. The maximum absolute atomic E-state index is 14.3. The molecule has 2 N–H and O–H groups in total. The third-order valence-electron chi connectivity index (χ3n) is 5.64. The number of aromatic nitrogens is 1. The lowest BCUT2D eigenvalue weighted by molar-refractivity contribution is 0.0902. The molecular weight excluding hydrogens is 317 g/mol. The fourth-order valence-corrected chi connectivity index (χ4v) is 4.32. The quantitative estimate of drug-likeness (QED) is 0.899. The Morgan fingerprint density at radius 3 is 2.64 bits per heavy atom. The van der Waals surface area contributed by atoms with Crippen molar-refractivity contribution >= 4 is 5.91 Å². The highest BCUT2D eigenvalue weighted by molar-refractivity contribution is 5.94. The highest BCUT2D eigenvalue weighted by atomic mass is 19.1. The summed E-state index contributed by atoms with van der Waals surface area (Å²) in [5.41, 5.74) is 1.21. The monoisotopic (exact) mass is 339 g/mol. The van der Waals surface area contributed by atoms with Crippen LogP contribution in [0.2, 0.25) is 0 Å². The van der Waals surface area contributed by atoms with Crippen LogP contribution >= 0.6 is 0 Å². The van der Waals surface area contributed by atoms with Gasteiger partial charge in [0.1, 0.15) is 0 Å². The standard InChI is InChI=1S/C20H22FN3O/c1-13-17(21)16(9-12-22-13)19(25)23-18(14-5-3-2-4-6-14)20-10-7-15(24-20)8-11-20/h2-6,9,12,15,18,24H,7-8,10-11H2,1H3,(H,23,25). The Kier molecular flexibility index (Phi) is 4.04. The van der Waals surface area contributed by atoms with Crippen LogP contribution in [0.1, 0.15) is 53.3 Å². The summed E-state index contributed by atoms with van der Waals surface area (Å²) in [4.78, 5) is 16.7. The van der Waals surface area contributed by atoms with Crippen LogP contribution in [-0.2, 0) is 0 Å². The molecule has 2 aromatic rings. The minimum Gasteiger partial charge on any atom is -0.343 e. The smallest absolute Gasteiger partial charge is 0.254 e. The van der Waals surface area contributed by atoms with Crippen LogP contribution in [0.15, 0.2) is 42.6 Å². The lowest BCUT2D eigenvalue weighted by Crippen LogP contribution is -2.50. The van der Waals surface area contributed by atoms with E-state index >= 15 is 0 Å². The van der Waals surface area contributed by atoms with Crippen LogP contribution in [-0.4, -0.2) is 22.5 Å². The first kappa shape index (κ1) is 16.2. The average molecular weight is 339 g/mol. The molecule has 0 saturated carbocycles. The molecule has 5 heteroatoms. The highest BCUT2D eigenvalue weighted by Crippen LogP contribution is 2.45. The lowest BCUT2D eigenvalue weighted by Gasteiger charge is -2.36. The average Bonchev–Trinajstić information content (AvgIpc) is 3.24. The van der Waals surface area contributed by atoms with Gasteiger partial charge in [-0.25, -0.2) is 4.39 Å². The van der Waals surface area contributed by atoms with Crippen molar-refractivity contribution in [2.24, 2.45) is 0 Å². The summed E-state index contributed by atoms with van der Waals surface area (Å²) in [6.45, 7) is 1.57. The fraction of sp³-hybridized carbons (Fsp3) is 0.400. The molecule has 2 fully saturated rings. The number of nitrogens with zero attached hydrogens (tertiary/aromatic N) is 1. The van der Waals surface area contributed by atoms with Crippen LogP contribution in [0.25, 0.3) is 0 Å². The maximum Gasteiger partial charge on any atom is 0.254 e. The van der Waals surface area contributed by atoms with Gasteiger partial charge in [-0.2, -0.15) is 0 Å². The Hall–Kier alpha value is -2.27. The zero-order valence-electron chi connectivity index (χ0n) is 14.3. The second-order valence-corrected chi connectivity index (χ2v) is 7.15. The molecule has 0 spiro atoms. The summed E-state index contributed by atoms with van der Waals surface area (Å²) in [7, 11) is 0. The number of pyridine rings is 1. The van der Waals surface area contributed by atoms with Gasteiger partial charge in [-0.15, -0.1) is 0 Å². The molecule has 4 nitrogen and oxygen atoms in total. The van der Waals surface area contributed by atoms with E-state index in [0.29, 0.717) is 6.04 Å². The number of benzene rings is 1. The third-order valence-corrected chi connectivity index (χ3v) is 5.64. The number of halogens is 1. The van der Waals surface area contributed by atoms with Crippen molar-refractivity contribution in [1.82, 2.24) is 15.6 Å². The van der Waals surface area contributed by atoms with Crippen LogP contribution < -0.4 is 10.6 Å². The van der Waals surface area contributed by atoms with Crippen molar-refractivity contribution in [2.75, 3.05) is 0 Å². The predicted octanol–water partition coefficient (Wildman–Crippen LogP) is 3.28. The van der Waals surface area contributed by atoms with Gasteiger partial charge in [0.05, 0.1) is 17.3 Å². The SMILES string of the molecule is Cc1nccc(C(=O)NC(c2ccccc2)C23CCC(CC2)N3)c1F. The van der Waals surface area contributed by atoms with E-state index in [0.717, 1.165) is 31.2 Å². The highest BCUT2D eigenvalue weighted by Gasteiger charge is 2.50. The van der Waals surface area contributed by atoms with Crippen molar-refractivity contribution in [1.29, 1.82) is 0 Å². The zero-order chi connectivity index (χ0) is 17.4. The minimum absolute atomic E-state index is 0.0531. The Morgan fingerprint density at radius 2 is 2.00 bits per heavy atom. The predicted molar refractivity (Wildman–Crippen MR) is 93.7 cm³/mol. The molecule has 2 saturated heterocycles. The topological polar surface area (TPSA) is 54.0 Å². The van der Waals surface area contributed by atoms with Gasteiger partial charge < -0.3 is 10.6 Å². The largest absolute Gasteiger partial charge is 0.343 e. The van der Waals surface area contributed by atoms with Crippen molar-refractivity contribution in [3.63, 3.8) is 0 Å². The normalized spacial score (nSPS) is 25.8. The van der Waals surface area contributed by atoms with E-state index in [1.165, 1.54) is 12.3 Å². The Bertz CT molecular complexity index is 785. The number of amides is 1. The van der Waals surface area contributed by atoms with Gasteiger partial charge in [0, 0.05) is 17.8 Å². The van der Waals surface area contributed by atoms with Crippen molar-refractivity contribution in [2.45, 2.75) is 50.2 Å². The molecule has 1 aromatic carbocycles. The summed E-state index contributed by atoms with van der Waals surface area (Å²) in [6, 6.07) is 11.8. The van der Waals surface area contributed by atoms with Crippen molar-refractivity contribution in [3.8, 4) is 0 Å². The zero-order valence-corrected chi connectivity index (χ0v) is 14.3. The molecule has 1 aromatic heterocycles. The number of fused-ring (bicyclic) bond motifs is 2.